The maximum Gasteiger partial charge on any atom is 0.138 e. The Morgan fingerprint density at radius 3 is 2.24 bits per heavy atom. The van der Waals surface area contributed by atoms with E-state index in [2.05, 4.69) is 45.0 Å². The first-order chi connectivity index (χ1) is 9.84. The van der Waals surface area contributed by atoms with Gasteiger partial charge in [-0.25, -0.2) is 9.97 Å². The van der Waals surface area contributed by atoms with E-state index in [1.807, 2.05) is 7.05 Å². The van der Waals surface area contributed by atoms with Gasteiger partial charge in [0.25, 0.3) is 0 Å². The molecule has 0 atom stereocenters. The number of nitrogens with zero attached hydrogens (tertiary/aromatic N) is 3. The van der Waals surface area contributed by atoms with Crippen molar-refractivity contribution >= 4 is 11.6 Å². The van der Waals surface area contributed by atoms with Crippen LogP contribution in [0.4, 0.5) is 11.6 Å². The van der Waals surface area contributed by atoms with Crippen LogP contribution in [0, 0.1) is 6.92 Å². The first-order valence-corrected chi connectivity index (χ1v) is 8.14. The highest BCUT2D eigenvalue weighted by atomic mass is 15.2. The lowest BCUT2D eigenvalue weighted by Crippen LogP contribution is -2.35. The molecule has 0 aliphatic heterocycles. The lowest BCUT2D eigenvalue weighted by Gasteiger charge is -2.34. The third-order valence-electron chi connectivity index (χ3n) is 4.48. The van der Waals surface area contributed by atoms with Crippen LogP contribution in [0.1, 0.15) is 64.3 Å². The van der Waals surface area contributed by atoms with Gasteiger partial charge in [0.15, 0.2) is 0 Å². The van der Waals surface area contributed by atoms with Crippen molar-refractivity contribution in [3.05, 3.63) is 11.4 Å². The van der Waals surface area contributed by atoms with Gasteiger partial charge in [0.2, 0.25) is 0 Å². The molecular formula is C17H30N4. The summed E-state index contributed by atoms with van der Waals surface area (Å²) in [6.07, 6.45) is 6.61. The van der Waals surface area contributed by atoms with Crippen LogP contribution in [0.2, 0.25) is 0 Å². The normalized spacial score (nSPS) is 16.9. The van der Waals surface area contributed by atoms with Crippen molar-refractivity contribution in [1.82, 2.24) is 9.97 Å². The third kappa shape index (κ3) is 3.47. The van der Waals surface area contributed by atoms with Crippen LogP contribution in [-0.4, -0.2) is 30.1 Å². The molecule has 0 bridgehead atoms. The van der Waals surface area contributed by atoms with E-state index >= 15 is 0 Å². The minimum atomic E-state index is -0.0402. The average Bonchev–Trinajstić information content (AvgIpc) is 2.46. The molecule has 1 aliphatic rings. The molecule has 1 heterocycles. The van der Waals surface area contributed by atoms with Crippen LogP contribution < -0.4 is 10.2 Å². The van der Waals surface area contributed by atoms with E-state index in [1.54, 1.807) is 0 Å². The maximum atomic E-state index is 4.90. The molecule has 4 nitrogen and oxygen atoms in total. The van der Waals surface area contributed by atoms with Crippen LogP contribution >= 0.6 is 0 Å². The number of rotatable bonds is 3. The number of hydrogen-bond acceptors (Lipinski definition) is 4. The van der Waals surface area contributed by atoms with E-state index in [4.69, 9.17) is 9.97 Å². The lowest BCUT2D eigenvalue weighted by atomic mass is 9.94. The number of anilines is 2. The molecule has 0 unspecified atom stereocenters. The van der Waals surface area contributed by atoms with Crippen LogP contribution in [0.25, 0.3) is 0 Å². The molecular weight excluding hydrogens is 260 g/mol. The Kier molecular flexibility index (Phi) is 4.74. The zero-order valence-corrected chi connectivity index (χ0v) is 14.5. The van der Waals surface area contributed by atoms with E-state index in [0.29, 0.717) is 6.04 Å². The van der Waals surface area contributed by atoms with Crippen molar-refractivity contribution in [2.45, 2.75) is 71.3 Å². The topological polar surface area (TPSA) is 41.1 Å². The highest BCUT2D eigenvalue weighted by Gasteiger charge is 2.25. The smallest absolute Gasteiger partial charge is 0.138 e. The predicted molar refractivity (Wildman–Crippen MR) is 90.3 cm³/mol. The molecule has 2 rings (SSSR count). The summed E-state index contributed by atoms with van der Waals surface area (Å²) >= 11 is 0. The summed E-state index contributed by atoms with van der Waals surface area (Å²) in [5.41, 5.74) is 1.11. The quantitative estimate of drug-likeness (QED) is 0.917. The first kappa shape index (κ1) is 16.1. The second-order valence-corrected chi connectivity index (χ2v) is 7.25. The standard InChI is InChI=1S/C17H30N4/c1-12-14(18-5)19-16(17(2,3)4)20-15(12)21(6)13-10-8-7-9-11-13/h13H,7-11H2,1-6H3,(H,18,19,20). The Bertz CT molecular complexity index is 484. The molecule has 0 radical (unpaired) electrons. The molecule has 4 heteroatoms. The summed E-state index contributed by atoms with van der Waals surface area (Å²) in [5, 5.41) is 3.23. The molecule has 0 spiro atoms. The van der Waals surface area contributed by atoms with E-state index in [0.717, 1.165) is 23.0 Å². The summed E-state index contributed by atoms with van der Waals surface area (Å²) in [5.74, 6) is 2.95. The van der Waals surface area contributed by atoms with E-state index in [1.165, 1.54) is 32.1 Å². The lowest BCUT2D eigenvalue weighted by molar-refractivity contribution is 0.424. The monoisotopic (exact) mass is 290 g/mol. The van der Waals surface area contributed by atoms with Crippen LogP contribution in [0.3, 0.4) is 0 Å². The maximum absolute atomic E-state index is 4.90. The van der Waals surface area contributed by atoms with Crippen molar-refractivity contribution in [3.8, 4) is 0 Å². The van der Waals surface area contributed by atoms with Crippen molar-refractivity contribution in [2.75, 3.05) is 24.3 Å². The second-order valence-electron chi connectivity index (χ2n) is 7.25. The fourth-order valence-corrected chi connectivity index (χ4v) is 3.07. The Morgan fingerprint density at radius 2 is 1.71 bits per heavy atom. The largest absolute Gasteiger partial charge is 0.373 e. The van der Waals surface area contributed by atoms with Crippen LogP contribution in [-0.2, 0) is 5.41 Å². The molecule has 1 aliphatic carbocycles. The molecule has 1 fully saturated rings. The molecule has 1 saturated carbocycles. The summed E-state index contributed by atoms with van der Waals surface area (Å²) in [7, 11) is 4.13. The van der Waals surface area contributed by atoms with Crippen molar-refractivity contribution < 1.29 is 0 Å². The van der Waals surface area contributed by atoms with Gasteiger partial charge in [-0.05, 0) is 19.8 Å². The Hall–Kier alpha value is -1.32. The van der Waals surface area contributed by atoms with Gasteiger partial charge in [-0.1, -0.05) is 40.0 Å². The third-order valence-corrected chi connectivity index (χ3v) is 4.48. The van der Waals surface area contributed by atoms with Gasteiger partial charge in [-0.3, -0.25) is 0 Å². The second kappa shape index (κ2) is 6.20. The Labute approximate surface area is 129 Å². The van der Waals surface area contributed by atoms with Crippen molar-refractivity contribution in [1.29, 1.82) is 0 Å². The van der Waals surface area contributed by atoms with Gasteiger partial charge in [-0.2, -0.15) is 0 Å². The summed E-state index contributed by atoms with van der Waals surface area (Å²) in [6, 6.07) is 0.616. The van der Waals surface area contributed by atoms with Gasteiger partial charge in [0, 0.05) is 31.1 Å². The van der Waals surface area contributed by atoms with Gasteiger partial charge in [0.1, 0.15) is 17.5 Å². The number of nitrogens with one attached hydrogen (secondary N) is 1. The molecule has 0 aromatic carbocycles. The molecule has 1 N–H and O–H groups in total. The van der Waals surface area contributed by atoms with Crippen molar-refractivity contribution in [3.63, 3.8) is 0 Å². The summed E-state index contributed by atoms with van der Waals surface area (Å²) < 4.78 is 0. The highest BCUT2D eigenvalue weighted by Crippen LogP contribution is 2.31. The fraction of sp³-hybridized carbons (Fsp3) is 0.765. The van der Waals surface area contributed by atoms with Gasteiger partial charge in [0.05, 0.1) is 0 Å². The van der Waals surface area contributed by atoms with Gasteiger partial charge >= 0.3 is 0 Å². The number of hydrogen-bond donors (Lipinski definition) is 1. The van der Waals surface area contributed by atoms with Gasteiger partial charge in [-0.15, -0.1) is 0 Å². The fourth-order valence-electron chi connectivity index (χ4n) is 3.07. The molecule has 0 saturated heterocycles. The average molecular weight is 290 g/mol. The van der Waals surface area contributed by atoms with Crippen molar-refractivity contribution in [2.24, 2.45) is 0 Å². The zero-order chi connectivity index (χ0) is 15.6. The van der Waals surface area contributed by atoms with Crippen LogP contribution in [0.5, 0.6) is 0 Å². The van der Waals surface area contributed by atoms with E-state index in [9.17, 15) is 0 Å². The molecule has 1 aromatic heterocycles. The SMILES string of the molecule is CNc1nc(C(C)(C)C)nc(N(C)C2CCCCC2)c1C. The summed E-state index contributed by atoms with van der Waals surface area (Å²) in [4.78, 5) is 12.0. The predicted octanol–water partition coefficient (Wildman–Crippen LogP) is 3.89. The molecule has 118 valence electrons. The van der Waals surface area contributed by atoms with E-state index < -0.39 is 0 Å². The zero-order valence-electron chi connectivity index (χ0n) is 14.5. The Balaban J connectivity index is 2.40. The first-order valence-electron chi connectivity index (χ1n) is 8.14. The molecule has 1 aromatic rings. The Morgan fingerprint density at radius 1 is 1.10 bits per heavy atom. The molecule has 21 heavy (non-hydrogen) atoms. The molecule has 0 amide bonds. The minimum Gasteiger partial charge on any atom is -0.373 e. The van der Waals surface area contributed by atoms with Crippen LogP contribution in [0.15, 0.2) is 0 Å². The number of aromatic nitrogens is 2. The van der Waals surface area contributed by atoms with E-state index in [-0.39, 0.29) is 5.41 Å². The summed E-state index contributed by atoms with van der Waals surface area (Å²) in [6.45, 7) is 8.62. The van der Waals surface area contributed by atoms with Gasteiger partial charge < -0.3 is 10.2 Å². The highest BCUT2D eigenvalue weighted by molar-refractivity contribution is 5.59. The minimum absolute atomic E-state index is 0.0402.